The summed E-state index contributed by atoms with van der Waals surface area (Å²) in [5.41, 5.74) is -0.930. The topological polar surface area (TPSA) is 44.9 Å². The van der Waals surface area contributed by atoms with E-state index < -0.39 is 16.7 Å². The van der Waals surface area contributed by atoms with Crippen molar-refractivity contribution in [2.45, 2.75) is 26.1 Å². The Morgan fingerprint density at radius 3 is 2.67 bits per heavy atom. The maximum Gasteiger partial charge on any atom is 0.432 e. The summed E-state index contributed by atoms with van der Waals surface area (Å²) in [6.45, 7) is 2.62. The molecule has 86 valence electrons. The molecular weight excluding hydrogens is 229 g/mol. The molecule has 1 rings (SSSR count). The Balaban J connectivity index is 2.82. The molecule has 0 aromatic carbocycles. The van der Waals surface area contributed by atoms with Crippen molar-refractivity contribution in [3.05, 3.63) is 20.2 Å². The zero-order chi connectivity index (χ0) is 11.5. The number of halogens is 3. The lowest BCUT2D eigenvalue weighted by Crippen LogP contribution is -2.17. The van der Waals surface area contributed by atoms with Gasteiger partial charge in [-0.1, -0.05) is 18.3 Å². The van der Waals surface area contributed by atoms with Crippen LogP contribution >= 0.6 is 11.3 Å². The third-order valence-electron chi connectivity index (χ3n) is 1.72. The molecule has 0 bridgehead atoms. The molecule has 1 aromatic rings. The van der Waals surface area contributed by atoms with Gasteiger partial charge in [0, 0.05) is 6.54 Å². The Morgan fingerprint density at radius 2 is 2.13 bits per heavy atom. The smallest absolute Gasteiger partial charge is 0.312 e. The van der Waals surface area contributed by atoms with Gasteiger partial charge >= 0.3 is 11.0 Å². The van der Waals surface area contributed by atoms with E-state index in [4.69, 9.17) is 0 Å². The zero-order valence-electron chi connectivity index (χ0n) is 8.07. The minimum absolute atomic E-state index is 0.0148. The van der Waals surface area contributed by atoms with Crippen LogP contribution in [0.4, 0.5) is 13.2 Å². The van der Waals surface area contributed by atoms with Gasteiger partial charge in [-0.25, -0.2) is 0 Å². The second-order valence-corrected chi connectivity index (χ2v) is 4.05. The van der Waals surface area contributed by atoms with Crippen LogP contribution in [0.2, 0.25) is 0 Å². The zero-order valence-corrected chi connectivity index (χ0v) is 8.89. The highest BCUT2D eigenvalue weighted by atomic mass is 32.1. The van der Waals surface area contributed by atoms with E-state index >= 15 is 0 Å². The van der Waals surface area contributed by atoms with Crippen molar-refractivity contribution in [1.82, 2.24) is 10.3 Å². The highest BCUT2D eigenvalue weighted by Gasteiger charge is 2.35. The van der Waals surface area contributed by atoms with Crippen LogP contribution in [-0.2, 0) is 12.7 Å². The van der Waals surface area contributed by atoms with Crippen molar-refractivity contribution < 1.29 is 13.2 Å². The first kappa shape index (κ1) is 12.3. The average molecular weight is 240 g/mol. The molecule has 0 unspecified atom stereocenters. The molecule has 0 aliphatic rings. The SMILES string of the molecule is CCCNCc1sc(=O)[nH]c1C(F)(F)F. The number of rotatable bonds is 4. The van der Waals surface area contributed by atoms with Gasteiger partial charge in [-0.05, 0) is 13.0 Å². The average Bonchev–Trinajstić information content (AvgIpc) is 2.47. The summed E-state index contributed by atoms with van der Waals surface area (Å²) < 4.78 is 37.1. The maximum atomic E-state index is 12.4. The minimum Gasteiger partial charge on any atom is -0.312 e. The number of hydrogen-bond acceptors (Lipinski definition) is 3. The summed E-state index contributed by atoms with van der Waals surface area (Å²) in [5, 5.41) is 2.83. The number of nitrogens with one attached hydrogen (secondary N) is 2. The van der Waals surface area contributed by atoms with Crippen LogP contribution in [0.1, 0.15) is 23.9 Å². The fourth-order valence-corrected chi connectivity index (χ4v) is 1.91. The predicted molar refractivity (Wildman–Crippen MR) is 51.9 cm³/mol. The molecule has 0 radical (unpaired) electrons. The molecule has 0 amide bonds. The quantitative estimate of drug-likeness (QED) is 0.790. The summed E-state index contributed by atoms with van der Waals surface area (Å²) in [6, 6.07) is 0. The van der Waals surface area contributed by atoms with Crippen molar-refractivity contribution >= 4 is 11.3 Å². The molecule has 7 heteroatoms. The van der Waals surface area contributed by atoms with Crippen LogP contribution in [0, 0.1) is 0 Å². The van der Waals surface area contributed by atoms with Crippen molar-refractivity contribution in [2.24, 2.45) is 0 Å². The normalized spacial score (nSPS) is 12.0. The Kier molecular flexibility index (Phi) is 3.92. The molecule has 0 spiro atoms. The molecule has 0 atom stereocenters. The lowest BCUT2D eigenvalue weighted by molar-refractivity contribution is -0.141. The first-order chi connectivity index (χ1) is 6.95. The van der Waals surface area contributed by atoms with Gasteiger partial charge in [-0.2, -0.15) is 13.2 Å². The van der Waals surface area contributed by atoms with E-state index in [1.807, 2.05) is 11.9 Å². The fraction of sp³-hybridized carbons (Fsp3) is 0.625. The molecule has 15 heavy (non-hydrogen) atoms. The van der Waals surface area contributed by atoms with Gasteiger partial charge in [0.05, 0.1) is 4.88 Å². The Labute approximate surface area is 88.3 Å². The van der Waals surface area contributed by atoms with E-state index in [-0.39, 0.29) is 11.4 Å². The van der Waals surface area contributed by atoms with Crippen LogP contribution in [0.5, 0.6) is 0 Å². The third-order valence-corrected chi connectivity index (χ3v) is 2.60. The van der Waals surface area contributed by atoms with Crippen LogP contribution < -0.4 is 10.2 Å². The predicted octanol–water partition coefficient (Wildman–Crippen LogP) is 1.95. The van der Waals surface area contributed by atoms with Gasteiger partial charge in [0.25, 0.3) is 0 Å². The summed E-state index contributed by atoms with van der Waals surface area (Å²) in [6.07, 6.45) is -3.65. The number of H-pyrrole nitrogens is 1. The van der Waals surface area contributed by atoms with E-state index in [0.717, 1.165) is 6.42 Å². The van der Waals surface area contributed by atoms with E-state index in [1.54, 1.807) is 0 Å². The molecule has 3 nitrogen and oxygen atoms in total. The largest absolute Gasteiger partial charge is 0.432 e. The third kappa shape index (κ3) is 3.35. The molecule has 1 aromatic heterocycles. The Bertz CT molecular complexity index is 369. The van der Waals surface area contributed by atoms with E-state index in [0.29, 0.717) is 17.9 Å². The monoisotopic (exact) mass is 240 g/mol. The van der Waals surface area contributed by atoms with Gasteiger partial charge in [0.15, 0.2) is 0 Å². The number of aromatic nitrogens is 1. The Morgan fingerprint density at radius 1 is 1.47 bits per heavy atom. The molecule has 2 N–H and O–H groups in total. The minimum atomic E-state index is -4.48. The first-order valence-electron chi connectivity index (χ1n) is 4.45. The van der Waals surface area contributed by atoms with Crippen molar-refractivity contribution in [3.63, 3.8) is 0 Å². The number of thiazole rings is 1. The number of hydrogen-bond donors (Lipinski definition) is 2. The van der Waals surface area contributed by atoms with Crippen molar-refractivity contribution in [3.8, 4) is 0 Å². The van der Waals surface area contributed by atoms with E-state index in [2.05, 4.69) is 5.32 Å². The van der Waals surface area contributed by atoms with E-state index in [9.17, 15) is 18.0 Å². The molecule has 0 saturated heterocycles. The van der Waals surface area contributed by atoms with Crippen LogP contribution in [-0.4, -0.2) is 11.5 Å². The van der Waals surface area contributed by atoms with E-state index in [1.165, 1.54) is 0 Å². The number of aromatic amines is 1. The van der Waals surface area contributed by atoms with Gasteiger partial charge in [-0.15, -0.1) is 0 Å². The summed E-state index contributed by atoms with van der Waals surface area (Å²) >= 11 is 0.598. The molecule has 0 fully saturated rings. The molecule has 0 aliphatic heterocycles. The molecule has 1 heterocycles. The summed E-state index contributed by atoms with van der Waals surface area (Å²) in [5.74, 6) is 0. The van der Waals surface area contributed by atoms with Gasteiger partial charge in [0.1, 0.15) is 5.69 Å². The highest BCUT2D eigenvalue weighted by Crippen LogP contribution is 2.31. The summed E-state index contributed by atoms with van der Waals surface area (Å²) in [4.78, 5) is 12.0. The van der Waals surface area contributed by atoms with Crippen LogP contribution in [0.15, 0.2) is 4.79 Å². The number of alkyl halides is 3. The van der Waals surface area contributed by atoms with Gasteiger partial charge in [-0.3, -0.25) is 4.79 Å². The van der Waals surface area contributed by atoms with Crippen molar-refractivity contribution in [2.75, 3.05) is 6.54 Å². The van der Waals surface area contributed by atoms with Crippen LogP contribution in [0.25, 0.3) is 0 Å². The first-order valence-corrected chi connectivity index (χ1v) is 5.26. The van der Waals surface area contributed by atoms with Crippen LogP contribution in [0.3, 0.4) is 0 Å². The second-order valence-electron chi connectivity index (χ2n) is 2.99. The lowest BCUT2D eigenvalue weighted by Gasteiger charge is -2.07. The Hall–Kier alpha value is -0.820. The second kappa shape index (κ2) is 4.80. The summed E-state index contributed by atoms with van der Waals surface area (Å²) in [7, 11) is 0. The molecule has 0 aliphatic carbocycles. The molecular formula is C8H11F3N2OS. The fourth-order valence-electron chi connectivity index (χ4n) is 1.09. The van der Waals surface area contributed by atoms with Crippen molar-refractivity contribution in [1.29, 1.82) is 0 Å². The van der Waals surface area contributed by atoms with Gasteiger partial charge < -0.3 is 10.3 Å². The van der Waals surface area contributed by atoms with Gasteiger partial charge in [0.2, 0.25) is 0 Å². The maximum absolute atomic E-state index is 12.4. The highest BCUT2D eigenvalue weighted by molar-refractivity contribution is 7.09. The molecule has 0 saturated carbocycles. The lowest BCUT2D eigenvalue weighted by atomic mass is 10.3. The standard InChI is InChI=1S/C8H11F3N2OS/c1-2-3-12-4-5-6(8(9,10)11)13-7(14)15-5/h12H,2-4H2,1H3,(H,13,14).